The SMILES string of the molecule is O=C(c1ccc(S(=O)(=O)N2CCCCCC2)cc1)N(/N=C/c1ccc(Br)cc1)c1nc2ccc(Br)cc2s1. The molecular formula is C27H24Br2N4O3S2. The van der Waals surface area contributed by atoms with Gasteiger partial charge in [0.25, 0.3) is 5.91 Å². The average Bonchev–Trinajstić information content (AvgIpc) is 3.12. The Morgan fingerprint density at radius 2 is 1.58 bits per heavy atom. The smallest absolute Gasteiger partial charge is 0.267 e. The van der Waals surface area contributed by atoms with Gasteiger partial charge in [-0.2, -0.15) is 14.4 Å². The van der Waals surface area contributed by atoms with Crippen LogP contribution in [-0.4, -0.2) is 42.9 Å². The highest BCUT2D eigenvalue weighted by Crippen LogP contribution is 2.32. The Bertz CT molecular complexity index is 1580. The fraction of sp³-hybridized carbons (Fsp3) is 0.222. The molecular weight excluding hydrogens is 652 g/mol. The number of halogens is 2. The van der Waals surface area contributed by atoms with Crippen LogP contribution in [-0.2, 0) is 10.0 Å². The normalized spacial score (nSPS) is 15.1. The second kappa shape index (κ2) is 11.7. The molecule has 1 aliphatic rings. The number of aromatic nitrogens is 1. The Hall–Kier alpha value is -2.44. The number of benzene rings is 3. The Kier molecular flexibility index (Phi) is 8.39. The number of fused-ring (bicyclic) bond motifs is 1. The first kappa shape index (κ1) is 27.1. The van der Waals surface area contributed by atoms with Crippen molar-refractivity contribution >= 4 is 80.7 Å². The van der Waals surface area contributed by atoms with Gasteiger partial charge in [0.2, 0.25) is 15.2 Å². The number of amides is 1. The summed E-state index contributed by atoms with van der Waals surface area (Å²) < 4.78 is 30.7. The monoisotopic (exact) mass is 674 g/mol. The minimum absolute atomic E-state index is 0.186. The molecule has 1 amide bonds. The van der Waals surface area contributed by atoms with E-state index in [1.54, 1.807) is 22.7 Å². The molecule has 0 aliphatic carbocycles. The first-order chi connectivity index (χ1) is 18.3. The number of anilines is 1. The maximum atomic E-state index is 13.7. The summed E-state index contributed by atoms with van der Waals surface area (Å²) >= 11 is 8.25. The number of hydrogen-bond donors (Lipinski definition) is 0. The summed E-state index contributed by atoms with van der Waals surface area (Å²) in [6, 6.07) is 19.4. The van der Waals surface area contributed by atoms with Crippen LogP contribution in [0.2, 0.25) is 0 Å². The van der Waals surface area contributed by atoms with Gasteiger partial charge in [-0.3, -0.25) is 4.79 Å². The molecule has 0 spiro atoms. The Balaban J connectivity index is 1.46. The summed E-state index contributed by atoms with van der Waals surface area (Å²) in [5, 5.41) is 6.17. The second-order valence-electron chi connectivity index (χ2n) is 8.86. The van der Waals surface area contributed by atoms with Crippen molar-refractivity contribution < 1.29 is 13.2 Å². The highest BCUT2D eigenvalue weighted by atomic mass is 79.9. The second-order valence-corrected chi connectivity index (χ2v) is 13.6. The first-order valence-electron chi connectivity index (χ1n) is 12.1. The molecule has 1 aromatic heterocycles. The van der Waals surface area contributed by atoms with Gasteiger partial charge in [-0.25, -0.2) is 13.4 Å². The molecule has 0 radical (unpaired) electrons. The van der Waals surface area contributed by atoms with Crippen molar-refractivity contribution in [1.82, 2.24) is 9.29 Å². The summed E-state index contributed by atoms with van der Waals surface area (Å²) in [6.45, 7) is 1.05. The van der Waals surface area contributed by atoms with Gasteiger partial charge in [-0.15, -0.1) is 0 Å². The quantitative estimate of drug-likeness (QED) is 0.162. The molecule has 1 aliphatic heterocycles. The van der Waals surface area contributed by atoms with Gasteiger partial charge in [0.1, 0.15) is 0 Å². The van der Waals surface area contributed by atoms with E-state index in [-0.39, 0.29) is 4.90 Å². The van der Waals surface area contributed by atoms with E-state index in [0.29, 0.717) is 23.8 Å². The summed E-state index contributed by atoms with van der Waals surface area (Å²) in [4.78, 5) is 18.5. The largest absolute Gasteiger partial charge is 0.280 e. The summed E-state index contributed by atoms with van der Waals surface area (Å²) in [5.41, 5.74) is 1.88. The van der Waals surface area contributed by atoms with Crippen LogP contribution in [0.4, 0.5) is 5.13 Å². The minimum Gasteiger partial charge on any atom is -0.267 e. The third kappa shape index (κ3) is 6.07. The molecule has 1 fully saturated rings. The van der Waals surface area contributed by atoms with Crippen LogP contribution in [0.25, 0.3) is 10.2 Å². The van der Waals surface area contributed by atoms with E-state index in [1.807, 2.05) is 42.5 Å². The highest BCUT2D eigenvalue weighted by Gasteiger charge is 2.26. The molecule has 5 rings (SSSR count). The van der Waals surface area contributed by atoms with Gasteiger partial charge in [0.05, 0.1) is 21.3 Å². The molecule has 3 aromatic carbocycles. The standard InChI is InChI=1S/C27H24Br2N4O3S2/c28-21-9-5-19(6-10-21)18-30-33(27-31-24-14-11-22(29)17-25(24)37-27)26(34)20-7-12-23(13-8-20)38(35,36)32-15-3-1-2-4-16-32/h5-14,17-18H,1-4,15-16H2/b30-18+. The van der Waals surface area contributed by atoms with Crippen molar-refractivity contribution in [2.75, 3.05) is 18.1 Å². The van der Waals surface area contributed by atoms with Crippen molar-refractivity contribution in [1.29, 1.82) is 0 Å². The lowest BCUT2D eigenvalue weighted by Gasteiger charge is -2.20. The van der Waals surface area contributed by atoms with Crippen molar-refractivity contribution in [2.24, 2.45) is 5.10 Å². The van der Waals surface area contributed by atoms with Crippen molar-refractivity contribution in [2.45, 2.75) is 30.6 Å². The van der Waals surface area contributed by atoms with Gasteiger partial charge in [-0.1, -0.05) is 68.2 Å². The van der Waals surface area contributed by atoms with Crippen LogP contribution >= 0.6 is 43.2 Å². The third-order valence-corrected chi connectivity index (χ3v) is 10.1. The molecule has 0 saturated carbocycles. The number of nitrogens with zero attached hydrogens (tertiary/aromatic N) is 4. The van der Waals surface area contributed by atoms with Crippen LogP contribution in [0.3, 0.4) is 0 Å². The lowest BCUT2D eigenvalue weighted by Crippen LogP contribution is -2.32. The molecule has 196 valence electrons. The number of carbonyl (C=O) groups is 1. The molecule has 0 atom stereocenters. The Morgan fingerprint density at radius 3 is 2.26 bits per heavy atom. The van der Waals surface area contributed by atoms with Crippen LogP contribution < -0.4 is 5.01 Å². The van der Waals surface area contributed by atoms with E-state index in [1.165, 1.54) is 28.5 Å². The Morgan fingerprint density at radius 1 is 0.921 bits per heavy atom. The maximum Gasteiger partial charge on any atom is 0.280 e. The molecule has 2 heterocycles. The fourth-order valence-electron chi connectivity index (χ4n) is 4.16. The number of hydrazone groups is 1. The van der Waals surface area contributed by atoms with Gasteiger partial charge >= 0.3 is 0 Å². The fourth-order valence-corrected chi connectivity index (χ4v) is 7.42. The van der Waals surface area contributed by atoms with Crippen molar-refractivity contribution in [3.8, 4) is 0 Å². The van der Waals surface area contributed by atoms with E-state index in [9.17, 15) is 13.2 Å². The molecule has 11 heteroatoms. The average molecular weight is 676 g/mol. The zero-order valence-electron chi connectivity index (χ0n) is 20.3. The number of carbonyl (C=O) groups excluding carboxylic acids is 1. The lowest BCUT2D eigenvalue weighted by atomic mass is 10.2. The highest BCUT2D eigenvalue weighted by molar-refractivity contribution is 9.10. The Labute approximate surface area is 242 Å². The predicted molar refractivity (Wildman–Crippen MR) is 160 cm³/mol. The van der Waals surface area contributed by atoms with E-state index >= 15 is 0 Å². The van der Waals surface area contributed by atoms with Gasteiger partial charge < -0.3 is 0 Å². The topological polar surface area (TPSA) is 82.9 Å². The van der Waals surface area contributed by atoms with Crippen LogP contribution in [0.5, 0.6) is 0 Å². The van der Waals surface area contributed by atoms with Crippen LogP contribution in [0, 0.1) is 0 Å². The molecule has 1 saturated heterocycles. The summed E-state index contributed by atoms with van der Waals surface area (Å²) in [5.74, 6) is -0.407. The maximum absolute atomic E-state index is 13.7. The predicted octanol–water partition coefficient (Wildman–Crippen LogP) is 7.07. The number of sulfonamides is 1. The molecule has 38 heavy (non-hydrogen) atoms. The minimum atomic E-state index is -3.61. The van der Waals surface area contributed by atoms with Crippen LogP contribution in [0.1, 0.15) is 41.6 Å². The molecule has 7 nitrogen and oxygen atoms in total. The van der Waals surface area contributed by atoms with Crippen LogP contribution in [0.15, 0.2) is 85.7 Å². The number of hydrogen-bond acceptors (Lipinski definition) is 6. The van der Waals surface area contributed by atoms with Gasteiger partial charge in [0, 0.05) is 27.6 Å². The summed E-state index contributed by atoms with van der Waals surface area (Å²) in [6.07, 6.45) is 5.40. The zero-order valence-corrected chi connectivity index (χ0v) is 25.1. The van der Waals surface area contributed by atoms with E-state index in [0.717, 1.165) is 50.4 Å². The number of thiazole rings is 1. The summed E-state index contributed by atoms with van der Waals surface area (Å²) in [7, 11) is -3.61. The number of rotatable bonds is 6. The van der Waals surface area contributed by atoms with E-state index < -0.39 is 15.9 Å². The van der Waals surface area contributed by atoms with Gasteiger partial charge in [-0.05, 0) is 73.0 Å². The zero-order chi connectivity index (χ0) is 26.7. The van der Waals surface area contributed by atoms with Crippen molar-refractivity contribution in [3.63, 3.8) is 0 Å². The van der Waals surface area contributed by atoms with Crippen molar-refractivity contribution in [3.05, 3.63) is 86.8 Å². The molecule has 0 bridgehead atoms. The molecule has 4 aromatic rings. The third-order valence-electron chi connectivity index (χ3n) is 6.21. The first-order valence-corrected chi connectivity index (χ1v) is 16.0. The molecule has 0 N–H and O–H groups in total. The van der Waals surface area contributed by atoms with E-state index in [2.05, 4.69) is 41.9 Å². The lowest BCUT2D eigenvalue weighted by molar-refractivity contribution is 0.0987. The van der Waals surface area contributed by atoms with E-state index in [4.69, 9.17) is 0 Å². The molecule has 0 unspecified atom stereocenters. The van der Waals surface area contributed by atoms with Gasteiger partial charge in [0.15, 0.2) is 0 Å².